The Morgan fingerprint density at radius 2 is 2.28 bits per heavy atom. The van der Waals surface area contributed by atoms with Gasteiger partial charge in [0.15, 0.2) is 0 Å². The minimum absolute atomic E-state index is 0.0411. The highest BCUT2D eigenvalue weighted by Gasteiger charge is 2.43. The maximum Gasteiger partial charge on any atom is 0.309 e. The van der Waals surface area contributed by atoms with Gasteiger partial charge < -0.3 is 14.8 Å². The third-order valence-corrected chi connectivity index (χ3v) is 5.99. The van der Waals surface area contributed by atoms with Crippen LogP contribution in [0.5, 0.6) is 0 Å². The zero-order chi connectivity index (χ0) is 17.6. The molecule has 1 saturated heterocycles. The Bertz CT molecular complexity index is 798. The molecule has 1 aromatic carbocycles. The number of fused-ring (bicyclic) bond motifs is 2. The van der Waals surface area contributed by atoms with Crippen LogP contribution in [0.4, 0.5) is 0 Å². The molecule has 2 N–H and O–H groups in total. The summed E-state index contributed by atoms with van der Waals surface area (Å²) in [7, 11) is 1.48. The van der Waals surface area contributed by atoms with E-state index < -0.39 is 0 Å². The van der Waals surface area contributed by atoms with Crippen molar-refractivity contribution >= 4 is 16.9 Å². The number of aromatic amines is 1. The summed E-state index contributed by atoms with van der Waals surface area (Å²) >= 11 is 0. The van der Waals surface area contributed by atoms with Gasteiger partial charge in [0.1, 0.15) is 0 Å². The van der Waals surface area contributed by atoms with Crippen molar-refractivity contribution in [3.8, 4) is 0 Å². The number of ether oxygens (including phenoxy) is 1. The zero-order valence-corrected chi connectivity index (χ0v) is 14.9. The Kier molecular flexibility index (Phi) is 4.29. The Labute approximate surface area is 148 Å². The highest BCUT2D eigenvalue weighted by atomic mass is 16.5. The lowest BCUT2D eigenvalue weighted by atomic mass is 9.72. The molecule has 2 aromatic rings. The van der Waals surface area contributed by atoms with Crippen LogP contribution < -0.4 is 0 Å². The van der Waals surface area contributed by atoms with Gasteiger partial charge in [-0.3, -0.25) is 9.69 Å². The summed E-state index contributed by atoms with van der Waals surface area (Å²) in [6.45, 7) is 3.98. The SMILES string of the molecule is CCCN1C[C@H](C(=O)OC)C[C@@H]2c3cccc4[nH]c(CO)c(c34)C[C@H]21. The molecule has 1 aromatic heterocycles. The number of aliphatic hydroxyl groups is 1. The molecule has 0 amide bonds. The molecule has 1 aliphatic carbocycles. The van der Waals surface area contributed by atoms with Crippen LogP contribution in [0, 0.1) is 5.92 Å². The number of hydrogen-bond donors (Lipinski definition) is 2. The largest absolute Gasteiger partial charge is 0.469 e. The molecule has 2 heterocycles. The minimum atomic E-state index is -0.0948. The molecule has 0 spiro atoms. The molecule has 5 heteroatoms. The van der Waals surface area contributed by atoms with Gasteiger partial charge in [0.2, 0.25) is 0 Å². The highest BCUT2D eigenvalue weighted by molar-refractivity contribution is 5.90. The van der Waals surface area contributed by atoms with E-state index in [1.54, 1.807) is 0 Å². The van der Waals surface area contributed by atoms with Crippen molar-refractivity contribution in [2.24, 2.45) is 5.92 Å². The first-order valence-corrected chi connectivity index (χ1v) is 9.23. The second-order valence-electron chi connectivity index (χ2n) is 7.34. The summed E-state index contributed by atoms with van der Waals surface area (Å²) in [6.07, 6.45) is 2.84. The lowest BCUT2D eigenvalue weighted by Crippen LogP contribution is -2.51. The number of carbonyl (C=O) groups excluding carboxylic acids is 1. The lowest BCUT2D eigenvalue weighted by Gasteiger charge is -2.46. The predicted molar refractivity (Wildman–Crippen MR) is 96.4 cm³/mol. The third-order valence-electron chi connectivity index (χ3n) is 5.99. The van der Waals surface area contributed by atoms with Gasteiger partial charge in [-0.2, -0.15) is 0 Å². The van der Waals surface area contributed by atoms with Gasteiger partial charge >= 0.3 is 5.97 Å². The zero-order valence-electron chi connectivity index (χ0n) is 14.9. The molecule has 134 valence electrons. The third kappa shape index (κ3) is 2.57. The van der Waals surface area contributed by atoms with Crippen molar-refractivity contribution in [2.75, 3.05) is 20.2 Å². The molecule has 3 atom stereocenters. The van der Waals surface area contributed by atoms with Crippen LogP contribution in [0.25, 0.3) is 10.9 Å². The van der Waals surface area contributed by atoms with Crippen molar-refractivity contribution in [1.29, 1.82) is 0 Å². The van der Waals surface area contributed by atoms with Gasteiger partial charge in [-0.1, -0.05) is 19.1 Å². The number of H-pyrrole nitrogens is 1. The Hall–Kier alpha value is -1.85. The van der Waals surface area contributed by atoms with Crippen molar-refractivity contribution in [3.05, 3.63) is 35.0 Å². The molecule has 0 radical (unpaired) electrons. The first-order chi connectivity index (χ1) is 12.2. The van der Waals surface area contributed by atoms with Crippen molar-refractivity contribution in [3.63, 3.8) is 0 Å². The summed E-state index contributed by atoms with van der Waals surface area (Å²) in [5, 5.41) is 11.0. The van der Waals surface area contributed by atoms with E-state index in [0.29, 0.717) is 12.0 Å². The lowest BCUT2D eigenvalue weighted by molar-refractivity contribution is -0.148. The van der Waals surface area contributed by atoms with E-state index in [0.717, 1.165) is 43.6 Å². The van der Waals surface area contributed by atoms with Gasteiger partial charge in [-0.15, -0.1) is 0 Å². The number of nitrogens with zero attached hydrogens (tertiary/aromatic N) is 1. The van der Waals surface area contributed by atoms with E-state index >= 15 is 0 Å². The van der Waals surface area contributed by atoms with Crippen LogP contribution in [0.15, 0.2) is 18.2 Å². The predicted octanol–water partition coefficient (Wildman–Crippen LogP) is 2.57. The molecule has 0 bridgehead atoms. The number of benzene rings is 1. The number of aliphatic hydroxyl groups excluding tert-OH is 1. The van der Waals surface area contributed by atoms with Crippen LogP contribution in [0.3, 0.4) is 0 Å². The number of carbonyl (C=O) groups is 1. The van der Waals surface area contributed by atoms with E-state index in [2.05, 4.69) is 35.0 Å². The highest BCUT2D eigenvalue weighted by Crippen LogP contribution is 2.46. The fourth-order valence-corrected chi connectivity index (χ4v) is 4.98. The standard InChI is InChI=1S/C20H26N2O3/c1-3-7-22-10-12(20(24)25-2)8-14-13-5-4-6-16-19(13)15(9-18(14)22)17(11-23)21-16/h4-6,12,14,18,21,23H,3,7-11H2,1-2H3/t12-,14-,18-/m1/s1. The van der Waals surface area contributed by atoms with Gasteiger partial charge in [0.25, 0.3) is 0 Å². The van der Waals surface area contributed by atoms with Gasteiger partial charge in [-0.05, 0) is 43.0 Å². The van der Waals surface area contributed by atoms with E-state index in [4.69, 9.17) is 4.74 Å². The minimum Gasteiger partial charge on any atom is -0.469 e. The average molecular weight is 342 g/mol. The number of aromatic nitrogens is 1. The summed E-state index contributed by atoms with van der Waals surface area (Å²) < 4.78 is 5.06. The number of likely N-dealkylation sites (tertiary alicyclic amines) is 1. The second kappa shape index (κ2) is 6.46. The van der Waals surface area contributed by atoms with Crippen LogP contribution >= 0.6 is 0 Å². The van der Waals surface area contributed by atoms with Crippen LogP contribution in [0.2, 0.25) is 0 Å². The molecule has 25 heavy (non-hydrogen) atoms. The number of rotatable bonds is 4. The van der Waals surface area contributed by atoms with Crippen molar-refractivity contribution < 1.29 is 14.6 Å². The molecule has 1 fully saturated rings. The Morgan fingerprint density at radius 1 is 1.44 bits per heavy atom. The number of piperidine rings is 1. The fourth-order valence-electron chi connectivity index (χ4n) is 4.98. The monoisotopic (exact) mass is 342 g/mol. The summed E-state index contributed by atoms with van der Waals surface area (Å²) in [4.78, 5) is 18.1. The molecule has 4 rings (SSSR count). The van der Waals surface area contributed by atoms with Crippen LogP contribution in [-0.2, 0) is 22.6 Å². The number of esters is 1. The van der Waals surface area contributed by atoms with Gasteiger partial charge in [-0.25, -0.2) is 0 Å². The Balaban J connectivity index is 1.81. The molecule has 0 unspecified atom stereocenters. The summed E-state index contributed by atoms with van der Waals surface area (Å²) in [5.74, 6) is 0.177. The maximum absolute atomic E-state index is 12.2. The summed E-state index contributed by atoms with van der Waals surface area (Å²) in [6, 6.07) is 6.74. The number of hydrogen-bond acceptors (Lipinski definition) is 4. The first kappa shape index (κ1) is 16.6. The average Bonchev–Trinajstić information content (AvgIpc) is 3.01. The molecule has 2 aliphatic rings. The van der Waals surface area contributed by atoms with E-state index in [-0.39, 0.29) is 18.5 Å². The number of nitrogens with one attached hydrogen (secondary N) is 1. The molecular formula is C20H26N2O3. The van der Waals surface area contributed by atoms with E-state index in [9.17, 15) is 9.90 Å². The van der Waals surface area contributed by atoms with E-state index in [1.165, 1.54) is 23.6 Å². The number of methoxy groups -OCH3 is 1. The van der Waals surface area contributed by atoms with Crippen LogP contribution in [-0.4, -0.2) is 47.2 Å². The van der Waals surface area contributed by atoms with Gasteiger partial charge in [0.05, 0.1) is 19.6 Å². The van der Waals surface area contributed by atoms with Crippen molar-refractivity contribution in [1.82, 2.24) is 9.88 Å². The van der Waals surface area contributed by atoms with Crippen molar-refractivity contribution in [2.45, 2.75) is 44.8 Å². The topological polar surface area (TPSA) is 65.6 Å². The molecule has 0 saturated carbocycles. The Morgan fingerprint density at radius 3 is 3.00 bits per heavy atom. The van der Waals surface area contributed by atoms with Crippen LogP contribution in [0.1, 0.15) is 42.5 Å². The molecule has 1 aliphatic heterocycles. The first-order valence-electron chi connectivity index (χ1n) is 9.23. The quantitative estimate of drug-likeness (QED) is 0.838. The second-order valence-corrected chi connectivity index (χ2v) is 7.34. The smallest absolute Gasteiger partial charge is 0.309 e. The summed E-state index contributed by atoms with van der Waals surface area (Å²) in [5.41, 5.74) is 4.60. The normalized spacial score (nSPS) is 25.8. The fraction of sp³-hybridized carbons (Fsp3) is 0.550. The molecular weight excluding hydrogens is 316 g/mol. The maximum atomic E-state index is 12.2. The van der Waals surface area contributed by atoms with Gasteiger partial charge in [0, 0.05) is 35.1 Å². The van der Waals surface area contributed by atoms with E-state index in [1.807, 2.05) is 0 Å². The molecule has 5 nitrogen and oxygen atoms in total.